The topological polar surface area (TPSA) is 69.6 Å². The van der Waals surface area contributed by atoms with Crippen LogP contribution in [0.3, 0.4) is 0 Å². The van der Waals surface area contributed by atoms with Gasteiger partial charge in [0, 0.05) is 30.3 Å². The quantitative estimate of drug-likeness (QED) is 0.886. The fraction of sp³-hybridized carbons (Fsp3) is 0.500. The van der Waals surface area contributed by atoms with Gasteiger partial charge in [-0.3, -0.25) is 9.59 Å². The molecule has 0 radical (unpaired) electrons. The Labute approximate surface area is 123 Å². The summed E-state index contributed by atoms with van der Waals surface area (Å²) >= 11 is 0. The molecule has 2 aliphatic rings. The molecule has 0 aromatic heterocycles. The molecule has 1 saturated carbocycles. The van der Waals surface area contributed by atoms with Gasteiger partial charge in [0.2, 0.25) is 11.8 Å². The number of likely N-dealkylation sites (tertiary alicyclic amines) is 1. The number of carbonyl (C=O) groups excluding carboxylic acids is 2. The molecule has 0 bridgehead atoms. The van der Waals surface area contributed by atoms with Crippen molar-refractivity contribution in [2.24, 2.45) is 5.92 Å². The molecule has 2 unspecified atom stereocenters. The van der Waals surface area contributed by atoms with Crippen molar-refractivity contribution in [3.8, 4) is 0 Å². The zero-order valence-corrected chi connectivity index (χ0v) is 12.1. The van der Waals surface area contributed by atoms with E-state index < -0.39 is 6.10 Å². The molecule has 2 atom stereocenters. The number of amides is 2. The summed E-state index contributed by atoms with van der Waals surface area (Å²) in [4.78, 5) is 26.1. The van der Waals surface area contributed by atoms with Crippen molar-refractivity contribution < 1.29 is 14.7 Å². The zero-order chi connectivity index (χ0) is 15.0. The molecule has 1 aromatic rings. The van der Waals surface area contributed by atoms with Crippen molar-refractivity contribution in [3.05, 3.63) is 29.8 Å². The van der Waals surface area contributed by atoms with Gasteiger partial charge in [0.15, 0.2) is 0 Å². The number of carbonyl (C=O) groups is 2. The molecule has 21 heavy (non-hydrogen) atoms. The summed E-state index contributed by atoms with van der Waals surface area (Å²) in [6.45, 7) is 2.19. The van der Waals surface area contributed by atoms with Gasteiger partial charge < -0.3 is 15.3 Å². The number of aliphatic hydroxyl groups excluding tert-OH is 1. The number of anilines is 1. The number of para-hydroxylation sites is 1. The van der Waals surface area contributed by atoms with Gasteiger partial charge in [-0.15, -0.1) is 0 Å². The van der Waals surface area contributed by atoms with Gasteiger partial charge in [-0.1, -0.05) is 18.2 Å². The van der Waals surface area contributed by atoms with Crippen molar-refractivity contribution in [2.75, 3.05) is 11.9 Å². The maximum Gasteiger partial charge on any atom is 0.229 e. The molecule has 0 spiro atoms. The van der Waals surface area contributed by atoms with Crippen molar-refractivity contribution >= 4 is 17.5 Å². The lowest BCUT2D eigenvalue weighted by atomic mass is 10.1. The summed E-state index contributed by atoms with van der Waals surface area (Å²) in [5.74, 6) is -0.346. The second-order valence-electron chi connectivity index (χ2n) is 5.93. The highest BCUT2D eigenvalue weighted by atomic mass is 16.3. The third-order valence-electron chi connectivity index (χ3n) is 4.19. The Morgan fingerprint density at radius 3 is 2.76 bits per heavy atom. The third kappa shape index (κ3) is 2.93. The fourth-order valence-corrected chi connectivity index (χ4v) is 2.86. The Balaban J connectivity index is 1.68. The summed E-state index contributed by atoms with van der Waals surface area (Å²) in [5.41, 5.74) is 1.31. The van der Waals surface area contributed by atoms with Crippen molar-refractivity contribution in [1.82, 2.24) is 4.90 Å². The van der Waals surface area contributed by atoms with Gasteiger partial charge in [-0.05, 0) is 25.8 Å². The van der Waals surface area contributed by atoms with Gasteiger partial charge in [-0.2, -0.15) is 0 Å². The standard InChI is InChI=1S/C16H20N2O3/c1-10(19)13-4-2-3-5-14(13)17-16(21)11-8-15(20)18(9-11)12-6-7-12/h2-5,10-12,19H,6-9H2,1H3,(H,17,21). The van der Waals surface area contributed by atoms with Crippen LogP contribution in [-0.4, -0.2) is 34.4 Å². The first-order valence-electron chi connectivity index (χ1n) is 7.43. The van der Waals surface area contributed by atoms with E-state index in [0.717, 1.165) is 12.8 Å². The summed E-state index contributed by atoms with van der Waals surface area (Å²) in [7, 11) is 0. The number of nitrogens with one attached hydrogen (secondary N) is 1. The lowest BCUT2D eigenvalue weighted by Gasteiger charge is -2.17. The predicted molar refractivity (Wildman–Crippen MR) is 78.5 cm³/mol. The SMILES string of the molecule is CC(O)c1ccccc1NC(=O)C1CC(=O)N(C2CC2)C1. The molecule has 3 rings (SSSR count). The van der Waals surface area contributed by atoms with Gasteiger partial charge in [0.1, 0.15) is 0 Å². The number of nitrogens with zero attached hydrogens (tertiary/aromatic N) is 1. The average Bonchev–Trinajstić information content (AvgIpc) is 3.22. The Morgan fingerprint density at radius 1 is 1.38 bits per heavy atom. The Bertz CT molecular complexity index is 566. The molecular weight excluding hydrogens is 268 g/mol. The van der Waals surface area contributed by atoms with Crippen molar-refractivity contribution in [1.29, 1.82) is 0 Å². The lowest BCUT2D eigenvalue weighted by molar-refractivity contribution is -0.128. The summed E-state index contributed by atoms with van der Waals surface area (Å²) < 4.78 is 0. The molecule has 1 aromatic carbocycles. The van der Waals surface area contributed by atoms with E-state index in [0.29, 0.717) is 30.3 Å². The van der Waals surface area contributed by atoms with E-state index in [1.807, 2.05) is 17.0 Å². The molecule has 5 nitrogen and oxygen atoms in total. The highest BCUT2D eigenvalue weighted by Crippen LogP contribution is 2.33. The molecule has 1 saturated heterocycles. The van der Waals surface area contributed by atoms with Crippen LogP contribution in [0.5, 0.6) is 0 Å². The molecule has 1 aliphatic carbocycles. The second kappa shape index (κ2) is 5.48. The van der Waals surface area contributed by atoms with E-state index in [4.69, 9.17) is 0 Å². The minimum absolute atomic E-state index is 0.0847. The first kappa shape index (κ1) is 14.1. The van der Waals surface area contributed by atoms with Crippen LogP contribution >= 0.6 is 0 Å². The molecule has 112 valence electrons. The largest absolute Gasteiger partial charge is 0.389 e. The third-order valence-corrected chi connectivity index (χ3v) is 4.19. The molecule has 2 N–H and O–H groups in total. The monoisotopic (exact) mass is 288 g/mol. The van der Waals surface area contributed by atoms with Crippen LogP contribution in [0.2, 0.25) is 0 Å². The second-order valence-corrected chi connectivity index (χ2v) is 5.93. The van der Waals surface area contributed by atoms with Crippen LogP contribution in [0.4, 0.5) is 5.69 Å². The number of hydrogen-bond acceptors (Lipinski definition) is 3. The van der Waals surface area contributed by atoms with Crippen LogP contribution < -0.4 is 5.32 Å². The summed E-state index contributed by atoms with van der Waals surface area (Å²) in [6.07, 6.45) is 1.77. The van der Waals surface area contributed by atoms with Crippen LogP contribution in [0.15, 0.2) is 24.3 Å². The normalized spacial score (nSPS) is 23.2. The van der Waals surface area contributed by atoms with Crippen molar-refractivity contribution in [2.45, 2.75) is 38.3 Å². The van der Waals surface area contributed by atoms with Gasteiger partial charge in [-0.25, -0.2) is 0 Å². The van der Waals surface area contributed by atoms with E-state index in [1.54, 1.807) is 19.1 Å². The number of benzene rings is 1. The van der Waals surface area contributed by atoms with E-state index in [1.165, 1.54) is 0 Å². The molecule has 2 amide bonds. The molecular formula is C16H20N2O3. The van der Waals surface area contributed by atoms with Gasteiger partial charge >= 0.3 is 0 Å². The summed E-state index contributed by atoms with van der Waals surface area (Å²) in [5, 5.41) is 12.6. The van der Waals surface area contributed by atoms with E-state index in [9.17, 15) is 14.7 Å². The number of aliphatic hydroxyl groups is 1. The van der Waals surface area contributed by atoms with Crippen LogP contribution in [-0.2, 0) is 9.59 Å². The van der Waals surface area contributed by atoms with Gasteiger partial charge in [0.05, 0.1) is 12.0 Å². The maximum atomic E-state index is 12.4. The van der Waals surface area contributed by atoms with Gasteiger partial charge in [0.25, 0.3) is 0 Å². The summed E-state index contributed by atoms with van der Waals surface area (Å²) in [6, 6.07) is 7.56. The Kier molecular flexibility index (Phi) is 3.68. The van der Waals surface area contributed by atoms with E-state index in [2.05, 4.69) is 5.32 Å². The number of rotatable bonds is 4. The lowest BCUT2D eigenvalue weighted by Crippen LogP contribution is -2.30. The molecule has 2 fully saturated rings. The van der Waals surface area contributed by atoms with E-state index in [-0.39, 0.29) is 17.7 Å². The minimum Gasteiger partial charge on any atom is -0.389 e. The smallest absolute Gasteiger partial charge is 0.229 e. The molecule has 1 heterocycles. The highest BCUT2D eigenvalue weighted by molar-refractivity contribution is 5.97. The van der Waals surface area contributed by atoms with Crippen LogP contribution in [0.25, 0.3) is 0 Å². The highest BCUT2D eigenvalue weighted by Gasteiger charge is 2.41. The minimum atomic E-state index is -0.644. The zero-order valence-electron chi connectivity index (χ0n) is 12.1. The Morgan fingerprint density at radius 2 is 2.10 bits per heavy atom. The maximum absolute atomic E-state index is 12.4. The average molecular weight is 288 g/mol. The van der Waals surface area contributed by atoms with Crippen molar-refractivity contribution in [3.63, 3.8) is 0 Å². The fourth-order valence-electron chi connectivity index (χ4n) is 2.86. The van der Waals surface area contributed by atoms with Crippen LogP contribution in [0, 0.1) is 5.92 Å². The van der Waals surface area contributed by atoms with E-state index >= 15 is 0 Å². The Hall–Kier alpha value is -1.88. The van der Waals surface area contributed by atoms with Crippen LogP contribution in [0.1, 0.15) is 37.9 Å². The predicted octanol–water partition coefficient (Wildman–Crippen LogP) is 1.69. The number of hydrogen-bond donors (Lipinski definition) is 2. The first-order valence-corrected chi connectivity index (χ1v) is 7.43. The molecule has 5 heteroatoms. The first-order chi connectivity index (χ1) is 10.1. The molecule has 1 aliphatic heterocycles.